The lowest BCUT2D eigenvalue weighted by molar-refractivity contribution is 0.931. The number of aromatic nitrogens is 4. The second-order valence-electron chi connectivity index (χ2n) is 5.95. The monoisotopic (exact) mass is 398 g/mol. The molecule has 0 spiro atoms. The van der Waals surface area contributed by atoms with Gasteiger partial charge in [-0.15, -0.1) is 5.10 Å². The van der Waals surface area contributed by atoms with Gasteiger partial charge in [0.15, 0.2) is 5.82 Å². The molecule has 27 heavy (non-hydrogen) atoms. The minimum Gasteiger partial charge on any atom is -0.361 e. The molecule has 6 nitrogen and oxygen atoms in total. The van der Waals surface area contributed by atoms with E-state index in [1.54, 1.807) is 18.2 Å². The molecule has 3 N–H and O–H groups in total. The first-order chi connectivity index (χ1) is 13.2. The molecule has 2 aromatic carbocycles. The van der Waals surface area contributed by atoms with Gasteiger partial charge >= 0.3 is 0 Å². The number of anilines is 3. The van der Waals surface area contributed by atoms with Gasteiger partial charge in [0.1, 0.15) is 0 Å². The van der Waals surface area contributed by atoms with E-state index in [9.17, 15) is 0 Å². The zero-order valence-corrected chi connectivity index (χ0v) is 15.7. The lowest BCUT2D eigenvalue weighted by atomic mass is 10.1. The molecule has 136 valence electrons. The van der Waals surface area contributed by atoms with Gasteiger partial charge < -0.3 is 15.6 Å². The maximum atomic E-state index is 6.17. The maximum Gasteiger partial charge on any atom is 0.244 e. The first kappa shape index (κ1) is 17.6. The Balaban J connectivity index is 1.41. The predicted octanol–water partition coefficient (Wildman–Crippen LogP) is 5.06. The van der Waals surface area contributed by atoms with Crippen LogP contribution in [-0.4, -0.2) is 26.7 Å². The summed E-state index contributed by atoms with van der Waals surface area (Å²) in [5.41, 5.74) is 3.04. The molecular weight excluding hydrogens is 383 g/mol. The highest BCUT2D eigenvalue weighted by atomic mass is 35.5. The van der Waals surface area contributed by atoms with Crippen LogP contribution < -0.4 is 10.6 Å². The summed E-state index contributed by atoms with van der Waals surface area (Å²) in [6, 6.07) is 13.4. The fourth-order valence-electron chi connectivity index (χ4n) is 2.82. The third-order valence-corrected chi connectivity index (χ3v) is 4.67. The highest BCUT2D eigenvalue weighted by molar-refractivity contribution is 6.35. The van der Waals surface area contributed by atoms with Gasteiger partial charge in [-0.25, -0.2) is 0 Å². The number of H-pyrrole nitrogens is 1. The topological polar surface area (TPSA) is 78.5 Å². The highest BCUT2D eigenvalue weighted by Crippen LogP contribution is 2.27. The van der Waals surface area contributed by atoms with E-state index in [2.05, 4.69) is 42.9 Å². The van der Waals surface area contributed by atoms with Crippen LogP contribution in [0.4, 0.5) is 17.5 Å². The van der Waals surface area contributed by atoms with Gasteiger partial charge in [-0.1, -0.05) is 41.4 Å². The first-order valence-electron chi connectivity index (χ1n) is 8.40. The van der Waals surface area contributed by atoms with Crippen LogP contribution in [0.5, 0.6) is 0 Å². The number of rotatable bonds is 6. The second kappa shape index (κ2) is 7.82. The van der Waals surface area contributed by atoms with Gasteiger partial charge in [0.25, 0.3) is 0 Å². The summed E-state index contributed by atoms with van der Waals surface area (Å²) in [6.45, 7) is 0.685. The lowest BCUT2D eigenvalue weighted by Crippen LogP contribution is -2.09. The number of fused-ring (bicyclic) bond motifs is 1. The molecule has 4 rings (SSSR count). The fourth-order valence-corrected chi connectivity index (χ4v) is 3.15. The molecule has 2 aromatic heterocycles. The largest absolute Gasteiger partial charge is 0.361 e. The van der Waals surface area contributed by atoms with E-state index in [1.807, 2.05) is 18.3 Å². The van der Waals surface area contributed by atoms with Crippen LogP contribution in [0.25, 0.3) is 10.9 Å². The Labute approximate surface area is 165 Å². The third-order valence-electron chi connectivity index (χ3n) is 4.10. The molecule has 0 fully saturated rings. The molecule has 2 heterocycles. The number of benzene rings is 2. The molecule has 0 saturated carbocycles. The van der Waals surface area contributed by atoms with E-state index in [-0.39, 0.29) is 0 Å². The summed E-state index contributed by atoms with van der Waals surface area (Å²) in [5.74, 6) is 0.974. The van der Waals surface area contributed by atoms with Crippen molar-refractivity contribution in [1.29, 1.82) is 0 Å². The molecule has 0 radical (unpaired) electrons. The van der Waals surface area contributed by atoms with Crippen molar-refractivity contribution in [2.24, 2.45) is 0 Å². The summed E-state index contributed by atoms with van der Waals surface area (Å²) in [7, 11) is 0. The molecular formula is C19H16Cl2N6. The van der Waals surface area contributed by atoms with Crippen molar-refractivity contribution in [3.8, 4) is 0 Å². The summed E-state index contributed by atoms with van der Waals surface area (Å²) >= 11 is 12.2. The lowest BCUT2D eigenvalue weighted by Gasteiger charge is -2.09. The average molecular weight is 399 g/mol. The Morgan fingerprint density at radius 3 is 2.89 bits per heavy atom. The van der Waals surface area contributed by atoms with Crippen LogP contribution in [0.2, 0.25) is 10.0 Å². The zero-order valence-electron chi connectivity index (χ0n) is 14.2. The summed E-state index contributed by atoms with van der Waals surface area (Å²) in [6.07, 6.45) is 4.40. The second-order valence-corrected chi connectivity index (χ2v) is 6.79. The van der Waals surface area contributed by atoms with E-state index in [0.29, 0.717) is 34.0 Å². The molecule has 0 aliphatic carbocycles. The number of hydrogen-bond acceptors (Lipinski definition) is 5. The Hall–Kier alpha value is -2.83. The van der Waals surface area contributed by atoms with Gasteiger partial charge in [-0.3, -0.25) is 0 Å². The Morgan fingerprint density at radius 2 is 1.96 bits per heavy atom. The number of hydrogen-bond donors (Lipinski definition) is 3. The van der Waals surface area contributed by atoms with Crippen LogP contribution in [-0.2, 0) is 6.42 Å². The van der Waals surface area contributed by atoms with Gasteiger partial charge in [0.2, 0.25) is 5.95 Å². The number of halogens is 2. The van der Waals surface area contributed by atoms with E-state index >= 15 is 0 Å². The smallest absolute Gasteiger partial charge is 0.244 e. The molecule has 0 unspecified atom stereocenters. The molecule has 4 aromatic rings. The Morgan fingerprint density at radius 1 is 1.07 bits per heavy atom. The molecule has 0 aliphatic rings. The zero-order chi connectivity index (χ0) is 18.6. The molecule has 0 atom stereocenters. The maximum absolute atomic E-state index is 6.17. The minimum atomic E-state index is 0.443. The van der Waals surface area contributed by atoms with Crippen LogP contribution >= 0.6 is 23.2 Å². The van der Waals surface area contributed by atoms with Crippen molar-refractivity contribution in [1.82, 2.24) is 20.2 Å². The van der Waals surface area contributed by atoms with Gasteiger partial charge in [0.05, 0.1) is 16.9 Å². The van der Waals surface area contributed by atoms with Crippen LogP contribution in [0, 0.1) is 0 Å². The van der Waals surface area contributed by atoms with Crippen molar-refractivity contribution >= 4 is 51.6 Å². The standard InChI is InChI=1S/C19H16Cl2N6/c20-13-5-6-15(21)17(9-13)25-18-11-24-27-19(26-18)22-8-7-12-10-23-16-4-2-1-3-14(12)16/h1-6,9-11,23H,7-8H2,(H2,22,25,26,27). The molecule has 8 heteroatoms. The van der Waals surface area contributed by atoms with E-state index in [1.165, 1.54) is 17.1 Å². The number of para-hydroxylation sites is 1. The summed E-state index contributed by atoms with van der Waals surface area (Å²) < 4.78 is 0. The van der Waals surface area contributed by atoms with Crippen LogP contribution in [0.3, 0.4) is 0 Å². The van der Waals surface area contributed by atoms with Crippen molar-refractivity contribution in [2.75, 3.05) is 17.2 Å². The van der Waals surface area contributed by atoms with E-state index in [0.717, 1.165) is 11.9 Å². The third kappa shape index (κ3) is 4.13. The van der Waals surface area contributed by atoms with Crippen molar-refractivity contribution in [3.63, 3.8) is 0 Å². The normalized spacial score (nSPS) is 10.9. The van der Waals surface area contributed by atoms with Crippen molar-refractivity contribution in [2.45, 2.75) is 6.42 Å². The van der Waals surface area contributed by atoms with Gasteiger partial charge in [0, 0.05) is 28.7 Å². The molecule has 0 aliphatic heterocycles. The molecule has 0 saturated heterocycles. The summed E-state index contributed by atoms with van der Waals surface area (Å²) in [5, 5.41) is 16.7. The Kier molecular flexibility index (Phi) is 5.09. The van der Waals surface area contributed by atoms with E-state index < -0.39 is 0 Å². The van der Waals surface area contributed by atoms with Gasteiger partial charge in [-0.05, 0) is 36.2 Å². The molecule has 0 amide bonds. The number of nitrogens with zero attached hydrogens (tertiary/aromatic N) is 3. The first-order valence-corrected chi connectivity index (χ1v) is 9.15. The Bertz CT molecular complexity index is 1080. The SMILES string of the molecule is Clc1ccc(Cl)c(Nc2cnnc(NCCc3c[nH]c4ccccc34)n2)c1. The molecule has 0 bridgehead atoms. The van der Waals surface area contributed by atoms with Crippen molar-refractivity contribution < 1.29 is 0 Å². The van der Waals surface area contributed by atoms with Crippen LogP contribution in [0.1, 0.15) is 5.56 Å². The quantitative estimate of drug-likeness (QED) is 0.423. The van der Waals surface area contributed by atoms with Crippen LogP contribution in [0.15, 0.2) is 54.9 Å². The fraction of sp³-hybridized carbons (Fsp3) is 0.105. The summed E-state index contributed by atoms with van der Waals surface area (Å²) in [4.78, 5) is 7.69. The average Bonchev–Trinajstić information content (AvgIpc) is 3.08. The number of nitrogens with one attached hydrogen (secondary N) is 3. The van der Waals surface area contributed by atoms with Gasteiger partial charge in [-0.2, -0.15) is 10.1 Å². The minimum absolute atomic E-state index is 0.443. The number of aromatic amines is 1. The predicted molar refractivity (Wildman–Crippen MR) is 110 cm³/mol. The highest BCUT2D eigenvalue weighted by Gasteiger charge is 2.06. The van der Waals surface area contributed by atoms with E-state index in [4.69, 9.17) is 23.2 Å². The van der Waals surface area contributed by atoms with Crippen molar-refractivity contribution in [3.05, 3.63) is 70.5 Å².